The van der Waals surface area contributed by atoms with E-state index in [-0.39, 0.29) is 11.8 Å². The van der Waals surface area contributed by atoms with Crippen LogP contribution in [0.15, 0.2) is 72.8 Å². The summed E-state index contributed by atoms with van der Waals surface area (Å²) < 4.78 is 0. The smallest absolute Gasteiger partial charge is 0.253 e. The lowest BCUT2D eigenvalue weighted by Crippen LogP contribution is -2.30. The Labute approximate surface area is 305 Å². The van der Waals surface area contributed by atoms with Gasteiger partial charge in [0.25, 0.3) is 11.8 Å². The first kappa shape index (κ1) is 36.2. The summed E-state index contributed by atoms with van der Waals surface area (Å²) in [6.45, 7) is 10.2. The van der Waals surface area contributed by atoms with Crippen LogP contribution in [0.25, 0.3) is 44.8 Å². The number of aromatic nitrogens is 4. The molecule has 2 heterocycles. The molecule has 12 heteroatoms. The molecule has 0 aliphatic rings. The van der Waals surface area contributed by atoms with Crippen molar-refractivity contribution in [1.82, 2.24) is 29.7 Å². The van der Waals surface area contributed by atoms with Gasteiger partial charge < -0.3 is 19.8 Å². The summed E-state index contributed by atoms with van der Waals surface area (Å²) >= 11 is 25.0. The van der Waals surface area contributed by atoms with Gasteiger partial charge in [-0.2, -0.15) is 0 Å². The van der Waals surface area contributed by atoms with Gasteiger partial charge in [-0.3, -0.25) is 9.59 Å². The van der Waals surface area contributed by atoms with Crippen LogP contribution in [0.3, 0.4) is 0 Å². The number of H-pyrrole nitrogens is 2. The zero-order chi connectivity index (χ0) is 35.4. The molecule has 6 aromatic rings. The maximum Gasteiger partial charge on any atom is 0.253 e. The molecule has 0 unspecified atom stereocenters. The van der Waals surface area contributed by atoms with Crippen LogP contribution in [0.1, 0.15) is 48.4 Å². The maximum atomic E-state index is 12.6. The highest BCUT2D eigenvalue weighted by molar-refractivity contribution is 6.39. The summed E-state index contributed by atoms with van der Waals surface area (Å²) in [6.07, 6.45) is 0. The number of aromatic amines is 2. The van der Waals surface area contributed by atoms with Gasteiger partial charge in [0.2, 0.25) is 0 Å². The number of carbonyl (C=O) groups is 2. The average Bonchev–Trinajstić information content (AvgIpc) is 3.68. The number of rotatable bonds is 8. The van der Waals surface area contributed by atoms with Gasteiger partial charge in [0.15, 0.2) is 0 Å². The predicted molar refractivity (Wildman–Crippen MR) is 202 cm³/mol. The summed E-state index contributed by atoms with van der Waals surface area (Å²) in [6, 6.07) is 21.5. The summed E-state index contributed by atoms with van der Waals surface area (Å²) in [7, 11) is 1.81. The number of halogens is 4. The summed E-state index contributed by atoms with van der Waals surface area (Å²) in [5.74, 6) is 1.59. The summed E-state index contributed by atoms with van der Waals surface area (Å²) in [4.78, 5) is 44.1. The average molecular weight is 739 g/mol. The summed E-state index contributed by atoms with van der Waals surface area (Å²) in [5.41, 5.74) is 5.64. The molecule has 2 aromatic heterocycles. The van der Waals surface area contributed by atoms with Gasteiger partial charge in [-0.1, -0.05) is 72.4 Å². The first-order valence-corrected chi connectivity index (χ1v) is 17.4. The third-order valence-electron chi connectivity index (χ3n) is 7.89. The molecule has 0 spiro atoms. The largest absolute Gasteiger partial charge is 0.341 e. The fourth-order valence-electron chi connectivity index (χ4n) is 5.51. The quantitative estimate of drug-likeness (QED) is 0.162. The Morgan fingerprint density at radius 1 is 0.673 bits per heavy atom. The fourth-order valence-corrected chi connectivity index (χ4v) is 6.67. The molecule has 0 aliphatic carbocycles. The molecule has 8 nitrogen and oxygen atoms in total. The van der Waals surface area contributed by atoms with E-state index in [4.69, 9.17) is 46.4 Å². The van der Waals surface area contributed by atoms with E-state index in [1.54, 1.807) is 58.3 Å². The number of hydrogen-bond donors (Lipinski definition) is 2. The number of hydrogen-bond acceptors (Lipinski definition) is 4. The van der Waals surface area contributed by atoms with Crippen molar-refractivity contribution >= 4 is 80.3 Å². The lowest BCUT2D eigenvalue weighted by Gasteiger charge is -2.19. The standard InChI is InChI=1S/C19H19Cl2N3O.C18H17Cl2N3O/c1-11(2)10-24(3)19(25)12-7-8-15-16(9-12)23-18(22-15)17-13(20)5-4-6-14(17)21;1-3-23(4-2)18(24)11-8-9-14-15(10-11)22-17(21-14)16-12(19)6-5-7-13(16)20/h4-9,11H,10H2,1-3H3,(H,22,23);5-10H,3-4H2,1-2H3,(H,21,22). The maximum absolute atomic E-state index is 12.6. The second-order valence-corrected chi connectivity index (χ2v) is 13.5. The second-order valence-electron chi connectivity index (χ2n) is 11.9. The lowest BCUT2D eigenvalue weighted by molar-refractivity contribution is 0.0768. The van der Waals surface area contributed by atoms with Crippen molar-refractivity contribution < 1.29 is 9.59 Å². The monoisotopic (exact) mass is 736 g/mol. The molecular weight excluding hydrogens is 702 g/mol. The van der Waals surface area contributed by atoms with E-state index in [0.717, 1.165) is 22.1 Å². The van der Waals surface area contributed by atoms with E-state index in [9.17, 15) is 9.59 Å². The molecule has 0 aliphatic heterocycles. The van der Waals surface area contributed by atoms with Gasteiger partial charge in [0.05, 0.1) is 53.3 Å². The zero-order valence-electron chi connectivity index (χ0n) is 27.7. The van der Waals surface area contributed by atoms with E-state index in [2.05, 4.69) is 33.8 Å². The number of nitrogens with one attached hydrogen (secondary N) is 2. The van der Waals surface area contributed by atoms with E-state index in [0.29, 0.717) is 79.5 Å². The Balaban J connectivity index is 0.000000191. The zero-order valence-corrected chi connectivity index (χ0v) is 30.8. The van der Waals surface area contributed by atoms with Crippen molar-refractivity contribution in [3.63, 3.8) is 0 Å². The molecule has 0 saturated carbocycles. The molecule has 254 valence electrons. The van der Waals surface area contributed by atoms with Crippen molar-refractivity contribution in [2.45, 2.75) is 27.7 Å². The van der Waals surface area contributed by atoms with Gasteiger partial charge in [0.1, 0.15) is 11.6 Å². The molecule has 2 amide bonds. The van der Waals surface area contributed by atoms with Gasteiger partial charge in [0, 0.05) is 37.8 Å². The molecule has 49 heavy (non-hydrogen) atoms. The molecule has 2 N–H and O–H groups in total. The van der Waals surface area contributed by atoms with Crippen LogP contribution in [0.2, 0.25) is 20.1 Å². The molecule has 0 bridgehead atoms. The van der Waals surface area contributed by atoms with Crippen LogP contribution in [0.5, 0.6) is 0 Å². The minimum absolute atomic E-state index is 0.00817. The number of amides is 2. The third kappa shape index (κ3) is 8.05. The van der Waals surface area contributed by atoms with Crippen LogP contribution < -0.4 is 0 Å². The lowest BCUT2D eigenvalue weighted by atomic mass is 10.1. The highest BCUT2D eigenvalue weighted by Gasteiger charge is 2.18. The molecule has 0 saturated heterocycles. The molecule has 4 aromatic carbocycles. The first-order valence-electron chi connectivity index (χ1n) is 15.8. The van der Waals surface area contributed by atoms with Crippen molar-refractivity contribution in [2.75, 3.05) is 26.7 Å². The van der Waals surface area contributed by atoms with E-state index >= 15 is 0 Å². The second kappa shape index (κ2) is 15.6. The Morgan fingerprint density at radius 2 is 1.08 bits per heavy atom. The van der Waals surface area contributed by atoms with E-state index in [1.165, 1.54) is 0 Å². The van der Waals surface area contributed by atoms with Crippen molar-refractivity contribution in [3.8, 4) is 22.8 Å². The van der Waals surface area contributed by atoms with Crippen LogP contribution in [-0.4, -0.2) is 68.2 Å². The van der Waals surface area contributed by atoms with Crippen LogP contribution >= 0.6 is 46.4 Å². The van der Waals surface area contributed by atoms with Crippen molar-refractivity contribution in [2.24, 2.45) is 5.92 Å². The number of carbonyl (C=O) groups excluding carboxylic acids is 2. The van der Waals surface area contributed by atoms with E-state index < -0.39 is 0 Å². The van der Waals surface area contributed by atoms with Gasteiger partial charge in [-0.25, -0.2) is 9.97 Å². The van der Waals surface area contributed by atoms with Crippen LogP contribution in [0, 0.1) is 5.92 Å². The number of fused-ring (bicyclic) bond motifs is 2. The number of nitrogens with zero attached hydrogens (tertiary/aromatic N) is 4. The van der Waals surface area contributed by atoms with Gasteiger partial charge in [-0.15, -0.1) is 0 Å². The fraction of sp³-hybridized carbons (Fsp3) is 0.243. The van der Waals surface area contributed by atoms with Crippen LogP contribution in [0.4, 0.5) is 0 Å². The van der Waals surface area contributed by atoms with Gasteiger partial charge >= 0.3 is 0 Å². The third-order valence-corrected chi connectivity index (χ3v) is 9.15. The van der Waals surface area contributed by atoms with Crippen molar-refractivity contribution in [1.29, 1.82) is 0 Å². The number of imidazole rings is 2. The molecular formula is C37H36Cl4N6O2. The Morgan fingerprint density at radius 3 is 1.47 bits per heavy atom. The van der Waals surface area contributed by atoms with E-state index in [1.807, 2.05) is 45.2 Å². The molecule has 0 radical (unpaired) electrons. The van der Waals surface area contributed by atoms with Gasteiger partial charge in [-0.05, 0) is 80.4 Å². The molecule has 0 fully saturated rings. The Bertz CT molecular complexity index is 2100. The normalized spacial score (nSPS) is 11.1. The number of benzene rings is 4. The summed E-state index contributed by atoms with van der Waals surface area (Å²) in [5, 5.41) is 2.11. The Hall–Kier alpha value is -4.08. The van der Waals surface area contributed by atoms with Crippen LogP contribution in [-0.2, 0) is 0 Å². The SMILES string of the molecule is CC(C)CN(C)C(=O)c1ccc2nc(-c3c(Cl)cccc3Cl)[nH]c2c1.CCN(CC)C(=O)c1ccc2nc(-c3c(Cl)cccc3Cl)[nH]c2c1. The predicted octanol–water partition coefficient (Wildman–Crippen LogP) is 10.3. The highest BCUT2D eigenvalue weighted by Crippen LogP contribution is 2.35. The topological polar surface area (TPSA) is 98.0 Å². The Kier molecular flexibility index (Phi) is 11.6. The first-order chi connectivity index (χ1) is 23.4. The minimum Gasteiger partial charge on any atom is -0.341 e. The molecule has 6 rings (SSSR count). The minimum atomic E-state index is -0.0116. The highest BCUT2D eigenvalue weighted by atomic mass is 35.5. The molecule has 0 atom stereocenters. The van der Waals surface area contributed by atoms with Crippen molar-refractivity contribution in [3.05, 3.63) is 104 Å².